The van der Waals surface area contributed by atoms with Crippen molar-refractivity contribution in [2.75, 3.05) is 7.05 Å². The van der Waals surface area contributed by atoms with Crippen molar-refractivity contribution in [1.82, 2.24) is 34.4 Å². The number of aromatic nitrogens is 6. The Kier molecular flexibility index (Phi) is 5.94. The van der Waals surface area contributed by atoms with Gasteiger partial charge in [-0.05, 0) is 55.3 Å². The average molecular weight is 452 g/mol. The third-order valence-corrected chi connectivity index (χ3v) is 5.98. The van der Waals surface area contributed by atoms with Crippen LogP contribution in [0.15, 0.2) is 67.1 Å². The van der Waals surface area contributed by atoms with Crippen LogP contribution in [0.2, 0.25) is 0 Å². The van der Waals surface area contributed by atoms with Crippen LogP contribution in [-0.4, -0.2) is 41.5 Å². The van der Waals surface area contributed by atoms with Gasteiger partial charge in [-0.2, -0.15) is 5.10 Å². The molecule has 5 rings (SSSR count). The maximum atomic E-state index is 5.00. The van der Waals surface area contributed by atoms with E-state index in [-0.39, 0.29) is 0 Å². The lowest BCUT2D eigenvalue weighted by molar-refractivity contribution is 0.310. The number of hydrogen-bond donors (Lipinski definition) is 1. The summed E-state index contributed by atoms with van der Waals surface area (Å²) in [5, 5.41) is 4.29. The number of fused-ring (bicyclic) bond motifs is 1. The quantitative estimate of drug-likeness (QED) is 0.366. The number of nitrogens with zero attached hydrogens (tertiary/aromatic N) is 6. The summed E-state index contributed by atoms with van der Waals surface area (Å²) in [5.41, 5.74) is 8.12. The van der Waals surface area contributed by atoms with E-state index >= 15 is 0 Å². The Morgan fingerprint density at radius 1 is 0.971 bits per heavy atom. The van der Waals surface area contributed by atoms with E-state index in [9.17, 15) is 0 Å². The zero-order valence-corrected chi connectivity index (χ0v) is 20.0. The highest BCUT2D eigenvalue weighted by Gasteiger charge is 2.18. The molecule has 0 saturated heterocycles. The maximum Gasteiger partial charge on any atom is 0.155 e. The molecular formula is C27H29N7. The summed E-state index contributed by atoms with van der Waals surface area (Å²) in [6.07, 6.45) is 3.53. The number of aromatic amines is 1. The molecule has 0 radical (unpaired) electrons. The molecule has 0 saturated carbocycles. The number of imidazole rings is 1. The van der Waals surface area contributed by atoms with Gasteiger partial charge >= 0.3 is 0 Å². The molecule has 7 nitrogen and oxygen atoms in total. The van der Waals surface area contributed by atoms with Crippen LogP contribution in [-0.2, 0) is 13.1 Å². The van der Waals surface area contributed by atoms with Crippen molar-refractivity contribution >= 4 is 5.65 Å². The van der Waals surface area contributed by atoms with Crippen molar-refractivity contribution in [3.8, 4) is 22.6 Å². The molecule has 0 spiro atoms. The third-order valence-electron chi connectivity index (χ3n) is 5.98. The van der Waals surface area contributed by atoms with Crippen LogP contribution >= 0.6 is 0 Å². The molecule has 0 aliphatic carbocycles. The smallest absolute Gasteiger partial charge is 0.155 e. The standard InChI is InChI=1S/C27H29N7/c1-18(2)22-10-6-5-9-20(22)14-33(4)16-24-31-26(21-12-13-25-28-17-29-34(25)15-21)27(32-24)23-11-7-8-19(3)30-23/h5-13,15,17-18H,14,16H2,1-4H3,(H,31,32). The Hall–Kier alpha value is -3.84. The predicted molar refractivity (Wildman–Crippen MR) is 134 cm³/mol. The van der Waals surface area contributed by atoms with Crippen LogP contribution in [0.5, 0.6) is 0 Å². The third kappa shape index (κ3) is 4.47. The Balaban J connectivity index is 1.49. The second kappa shape index (κ2) is 9.19. The molecule has 0 fully saturated rings. The van der Waals surface area contributed by atoms with Gasteiger partial charge in [0.05, 0.1) is 17.9 Å². The van der Waals surface area contributed by atoms with E-state index in [1.165, 1.54) is 11.1 Å². The molecule has 4 aromatic heterocycles. The normalized spacial score (nSPS) is 11.7. The van der Waals surface area contributed by atoms with Gasteiger partial charge in [0.15, 0.2) is 5.65 Å². The molecule has 0 unspecified atom stereocenters. The molecular weight excluding hydrogens is 422 g/mol. The summed E-state index contributed by atoms with van der Waals surface area (Å²) in [4.78, 5) is 19.9. The fraction of sp³-hybridized carbons (Fsp3) is 0.259. The first-order chi connectivity index (χ1) is 16.5. The van der Waals surface area contributed by atoms with Crippen LogP contribution in [0.25, 0.3) is 28.3 Å². The zero-order chi connectivity index (χ0) is 23.7. The van der Waals surface area contributed by atoms with Gasteiger partial charge in [-0.15, -0.1) is 0 Å². The number of nitrogens with one attached hydrogen (secondary N) is 1. The zero-order valence-electron chi connectivity index (χ0n) is 20.0. The highest BCUT2D eigenvalue weighted by molar-refractivity contribution is 5.77. The maximum absolute atomic E-state index is 5.00. The average Bonchev–Trinajstić information content (AvgIpc) is 3.45. The van der Waals surface area contributed by atoms with Gasteiger partial charge in [-0.3, -0.25) is 9.88 Å². The molecule has 1 aromatic carbocycles. The molecule has 34 heavy (non-hydrogen) atoms. The Bertz CT molecular complexity index is 1430. The molecule has 0 aliphatic rings. The van der Waals surface area contributed by atoms with E-state index < -0.39 is 0 Å². The second-order valence-corrected chi connectivity index (χ2v) is 9.08. The minimum Gasteiger partial charge on any atom is -0.340 e. The number of H-pyrrole nitrogens is 1. The second-order valence-electron chi connectivity index (χ2n) is 9.08. The molecule has 0 aliphatic heterocycles. The molecule has 1 N–H and O–H groups in total. The van der Waals surface area contributed by atoms with Crippen LogP contribution in [0.1, 0.15) is 42.4 Å². The van der Waals surface area contributed by atoms with E-state index in [0.29, 0.717) is 12.5 Å². The van der Waals surface area contributed by atoms with Gasteiger partial charge in [0.25, 0.3) is 0 Å². The lowest BCUT2D eigenvalue weighted by Crippen LogP contribution is -2.19. The molecule has 7 heteroatoms. The summed E-state index contributed by atoms with van der Waals surface area (Å²) < 4.78 is 1.78. The topological polar surface area (TPSA) is 75.0 Å². The van der Waals surface area contributed by atoms with E-state index in [1.54, 1.807) is 10.8 Å². The predicted octanol–water partition coefficient (Wildman–Crippen LogP) is 5.25. The van der Waals surface area contributed by atoms with Crippen LogP contribution in [0.4, 0.5) is 0 Å². The van der Waals surface area contributed by atoms with Gasteiger partial charge in [0, 0.05) is 24.0 Å². The minimum atomic E-state index is 0.491. The van der Waals surface area contributed by atoms with Crippen LogP contribution < -0.4 is 0 Å². The number of aryl methyl sites for hydroxylation is 1. The van der Waals surface area contributed by atoms with Gasteiger partial charge < -0.3 is 4.98 Å². The summed E-state index contributed by atoms with van der Waals surface area (Å²) in [7, 11) is 2.13. The SMILES string of the molecule is Cc1cccc(-c2nc(CN(C)Cc3ccccc3C(C)C)[nH]c2-c2ccc3ncnn3c2)n1. The Labute approximate surface area is 199 Å². The van der Waals surface area contributed by atoms with Crippen molar-refractivity contribution in [1.29, 1.82) is 0 Å². The summed E-state index contributed by atoms with van der Waals surface area (Å²) >= 11 is 0. The minimum absolute atomic E-state index is 0.491. The summed E-state index contributed by atoms with van der Waals surface area (Å²) in [5.74, 6) is 1.39. The highest BCUT2D eigenvalue weighted by Crippen LogP contribution is 2.30. The molecule has 0 amide bonds. The van der Waals surface area contributed by atoms with E-state index in [4.69, 9.17) is 9.97 Å². The molecule has 0 atom stereocenters. The number of pyridine rings is 2. The lowest BCUT2D eigenvalue weighted by Gasteiger charge is -2.19. The monoisotopic (exact) mass is 451 g/mol. The first kappa shape index (κ1) is 22.0. The van der Waals surface area contributed by atoms with Crippen molar-refractivity contribution in [3.05, 3.63) is 89.8 Å². The molecule has 5 aromatic rings. The van der Waals surface area contributed by atoms with Crippen molar-refractivity contribution < 1.29 is 0 Å². The van der Waals surface area contributed by atoms with Gasteiger partial charge in [0.2, 0.25) is 0 Å². The number of benzene rings is 1. The first-order valence-electron chi connectivity index (χ1n) is 11.6. The van der Waals surface area contributed by atoms with E-state index in [0.717, 1.165) is 46.4 Å². The van der Waals surface area contributed by atoms with E-state index in [2.05, 4.69) is 65.1 Å². The van der Waals surface area contributed by atoms with Crippen molar-refractivity contribution in [2.45, 2.75) is 39.8 Å². The number of hydrogen-bond acceptors (Lipinski definition) is 5. The summed E-state index contributed by atoms with van der Waals surface area (Å²) in [6, 6.07) is 18.7. The first-order valence-corrected chi connectivity index (χ1v) is 11.6. The molecule has 0 bridgehead atoms. The van der Waals surface area contributed by atoms with Crippen LogP contribution in [0.3, 0.4) is 0 Å². The van der Waals surface area contributed by atoms with Crippen molar-refractivity contribution in [3.63, 3.8) is 0 Å². The fourth-order valence-electron chi connectivity index (χ4n) is 4.37. The van der Waals surface area contributed by atoms with Gasteiger partial charge in [-0.25, -0.2) is 14.5 Å². The van der Waals surface area contributed by atoms with Crippen molar-refractivity contribution in [2.24, 2.45) is 0 Å². The largest absolute Gasteiger partial charge is 0.340 e. The fourth-order valence-corrected chi connectivity index (χ4v) is 4.37. The highest BCUT2D eigenvalue weighted by atomic mass is 15.3. The Morgan fingerprint density at radius 3 is 2.65 bits per heavy atom. The number of rotatable bonds is 7. The Morgan fingerprint density at radius 2 is 1.82 bits per heavy atom. The lowest BCUT2D eigenvalue weighted by atomic mass is 9.97. The summed E-state index contributed by atoms with van der Waals surface area (Å²) in [6.45, 7) is 8.03. The van der Waals surface area contributed by atoms with E-state index in [1.807, 2.05) is 43.5 Å². The van der Waals surface area contributed by atoms with Gasteiger partial charge in [-0.1, -0.05) is 44.2 Å². The van der Waals surface area contributed by atoms with Gasteiger partial charge in [0.1, 0.15) is 17.8 Å². The molecule has 4 heterocycles. The van der Waals surface area contributed by atoms with Crippen LogP contribution in [0, 0.1) is 6.92 Å². The molecule has 172 valence electrons.